The van der Waals surface area contributed by atoms with Gasteiger partial charge in [-0.05, 0) is 110 Å². The van der Waals surface area contributed by atoms with Crippen LogP contribution in [-0.4, -0.2) is 63.5 Å². The molecule has 5 atom stereocenters. The summed E-state index contributed by atoms with van der Waals surface area (Å²) in [6.45, 7) is 6.35. The van der Waals surface area contributed by atoms with E-state index in [1.807, 2.05) is 30.3 Å². The first-order valence-corrected chi connectivity index (χ1v) is 21.3. The molecule has 0 aliphatic heterocycles. The molecule has 6 nitrogen and oxygen atoms in total. The predicted octanol–water partition coefficient (Wildman–Crippen LogP) is 9.72. The van der Waals surface area contributed by atoms with Crippen molar-refractivity contribution in [3.05, 3.63) is 130 Å². The Morgan fingerprint density at radius 3 is 2.50 bits per heavy atom. The zero-order valence-corrected chi connectivity index (χ0v) is 33.7. The number of ether oxygens (including phenoxy) is 1. The minimum absolute atomic E-state index is 0.0239. The number of fused-ring (bicyclic) bond motifs is 9. The Balaban J connectivity index is 1.22. The maximum atomic E-state index is 14.5. The first kappa shape index (κ1) is 40.5. The van der Waals surface area contributed by atoms with Gasteiger partial charge in [-0.1, -0.05) is 123 Å². The zero-order chi connectivity index (χ0) is 39.1. The monoisotopic (exact) mass is 757 g/mol. The normalized spacial score (nSPS) is 25.5. The van der Waals surface area contributed by atoms with Gasteiger partial charge in [-0.25, -0.2) is 0 Å². The summed E-state index contributed by atoms with van der Waals surface area (Å²) < 4.78 is 6.02. The number of carbonyl (C=O) groups excluding carboxylic acids is 1. The van der Waals surface area contributed by atoms with Crippen molar-refractivity contribution < 1.29 is 24.9 Å². The van der Waals surface area contributed by atoms with E-state index in [1.165, 1.54) is 22.8 Å². The van der Waals surface area contributed by atoms with E-state index in [0.717, 1.165) is 79.2 Å². The number of allylic oxidation sites excluding steroid dienone is 2. The van der Waals surface area contributed by atoms with Gasteiger partial charge in [0.2, 0.25) is 0 Å². The van der Waals surface area contributed by atoms with E-state index >= 15 is 0 Å². The second kappa shape index (κ2) is 18.3. The van der Waals surface area contributed by atoms with E-state index in [1.54, 1.807) is 0 Å². The summed E-state index contributed by atoms with van der Waals surface area (Å²) in [7, 11) is 0. The van der Waals surface area contributed by atoms with Gasteiger partial charge in [0, 0.05) is 36.5 Å². The fourth-order valence-electron chi connectivity index (χ4n) is 10.3. The molecule has 2 fully saturated rings. The van der Waals surface area contributed by atoms with Gasteiger partial charge < -0.3 is 20.1 Å². The van der Waals surface area contributed by atoms with Gasteiger partial charge in [0.1, 0.15) is 0 Å². The molecule has 4 aliphatic carbocycles. The summed E-state index contributed by atoms with van der Waals surface area (Å²) in [6, 6.07) is 31.2. The number of aliphatic hydroxyl groups excluding tert-OH is 2. The summed E-state index contributed by atoms with van der Waals surface area (Å²) in [6.07, 6.45) is 11.3. The number of aliphatic hydroxyl groups is 3. The number of Topliss-reactive ketones (excluding diaryl/α,β-unsaturated/α-hetero) is 1. The van der Waals surface area contributed by atoms with Crippen molar-refractivity contribution in [2.45, 2.75) is 128 Å². The van der Waals surface area contributed by atoms with Crippen LogP contribution in [0.25, 0.3) is 10.8 Å². The quantitative estimate of drug-likeness (QED) is 0.0986. The molecule has 0 spiro atoms. The highest BCUT2D eigenvalue weighted by molar-refractivity contribution is 5.99. The first-order chi connectivity index (χ1) is 27.1. The van der Waals surface area contributed by atoms with E-state index in [-0.39, 0.29) is 24.2 Å². The molecule has 0 aromatic heterocycles. The number of ketones is 1. The van der Waals surface area contributed by atoms with Crippen molar-refractivity contribution in [2.24, 2.45) is 11.3 Å². The summed E-state index contributed by atoms with van der Waals surface area (Å²) >= 11 is 0. The maximum absolute atomic E-state index is 14.5. The highest BCUT2D eigenvalue weighted by atomic mass is 16.5. The fraction of sp³-hybridized carbons (Fsp3) is 0.500. The van der Waals surface area contributed by atoms with Crippen LogP contribution in [0, 0.1) is 11.3 Å². The minimum atomic E-state index is -1.09. The Bertz CT molecular complexity index is 1950. The molecule has 8 rings (SSSR count). The Labute approximate surface area is 334 Å². The number of rotatable bonds is 12. The second-order valence-electron chi connectivity index (χ2n) is 17.6. The topological polar surface area (TPSA) is 90.2 Å². The van der Waals surface area contributed by atoms with Gasteiger partial charge in [-0.15, -0.1) is 0 Å². The molecule has 56 heavy (non-hydrogen) atoms. The van der Waals surface area contributed by atoms with Gasteiger partial charge in [0.05, 0.1) is 31.0 Å². The molecular weight excluding hydrogens is 695 g/mol. The molecule has 4 aliphatic rings. The molecule has 2 bridgehead atoms. The molecule has 0 heterocycles. The van der Waals surface area contributed by atoms with Crippen LogP contribution >= 0.6 is 0 Å². The smallest absolute Gasteiger partial charge is 0.166 e. The molecule has 0 amide bonds. The largest absolute Gasteiger partial charge is 0.393 e. The number of benzene rings is 4. The zero-order valence-electron chi connectivity index (χ0n) is 33.7. The molecule has 4 aromatic carbocycles. The average Bonchev–Trinajstić information content (AvgIpc) is 3.45. The lowest BCUT2D eigenvalue weighted by molar-refractivity contribution is -0.0922. The Morgan fingerprint density at radius 1 is 0.911 bits per heavy atom. The lowest BCUT2D eigenvalue weighted by atomic mass is 9.64. The van der Waals surface area contributed by atoms with Crippen LogP contribution in [0.3, 0.4) is 0 Å². The van der Waals surface area contributed by atoms with E-state index in [9.17, 15) is 20.1 Å². The van der Waals surface area contributed by atoms with Crippen LogP contribution in [0.5, 0.6) is 0 Å². The van der Waals surface area contributed by atoms with Gasteiger partial charge in [-0.3, -0.25) is 9.69 Å². The molecule has 4 aromatic rings. The van der Waals surface area contributed by atoms with E-state index < -0.39 is 23.2 Å². The molecule has 0 saturated heterocycles. The minimum Gasteiger partial charge on any atom is -0.393 e. The third-order valence-corrected chi connectivity index (χ3v) is 13.6. The molecule has 0 radical (unpaired) electrons. The fourth-order valence-corrected chi connectivity index (χ4v) is 10.3. The molecule has 6 heteroatoms. The molecular formula is C50H63NO5. The van der Waals surface area contributed by atoms with Crippen LogP contribution < -0.4 is 0 Å². The number of nitrogens with zero attached hydrogens (tertiary/aromatic N) is 1. The second-order valence-corrected chi connectivity index (χ2v) is 17.6. The van der Waals surface area contributed by atoms with Gasteiger partial charge in [-0.2, -0.15) is 0 Å². The first-order valence-electron chi connectivity index (χ1n) is 21.3. The van der Waals surface area contributed by atoms with Crippen LogP contribution in [-0.2, 0) is 24.3 Å². The number of hydrogen-bond acceptors (Lipinski definition) is 6. The van der Waals surface area contributed by atoms with Crippen molar-refractivity contribution in [3.8, 4) is 0 Å². The standard InChI is InChI=1S/C50H63NO5/c1-36-13-12-27-49(2)47(45-25-23-38(29-42(52)24-22-36)30-46(45)48(54)40-17-7-4-8-18-40)26-28-50(49,55)35-51(31-41-20-11-19-39-16-9-10-21-44(39)41)32-43(53)34-56-33-37-14-5-3-6-15-37/h3,5-6,9-11,13-16,19-21,23,25,30,40,42-43,47,52-53,55H,4,7-8,12,17-18,22,24,26-29,31-35H2,1-2H3. The molecule has 5 unspecified atom stereocenters. The number of hydrogen-bond donors (Lipinski definition) is 3. The highest BCUT2D eigenvalue weighted by Crippen LogP contribution is 2.59. The van der Waals surface area contributed by atoms with Crippen molar-refractivity contribution in [3.63, 3.8) is 0 Å². The van der Waals surface area contributed by atoms with Crippen LogP contribution in [0.15, 0.2) is 103 Å². The Hall–Kier alpha value is -3.65. The van der Waals surface area contributed by atoms with Crippen molar-refractivity contribution >= 4 is 16.6 Å². The van der Waals surface area contributed by atoms with Crippen LogP contribution in [0.4, 0.5) is 0 Å². The van der Waals surface area contributed by atoms with Gasteiger partial charge >= 0.3 is 0 Å². The molecule has 298 valence electrons. The van der Waals surface area contributed by atoms with Crippen molar-refractivity contribution in [1.82, 2.24) is 4.90 Å². The lowest BCUT2D eigenvalue weighted by Crippen LogP contribution is -2.53. The van der Waals surface area contributed by atoms with E-state index in [0.29, 0.717) is 45.5 Å². The number of carbonyl (C=O) groups is 1. The molecule has 2 saturated carbocycles. The third-order valence-electron chi connectivity index (χ3n) is 13.6. The highest BCUT2D eigenvalue weighted by Gasteiger charge is 2.57. The van der Waals surface area contributed by atoms with Gasteiger partial charge in [0.25, 0.3) is 0 Å². The Morgan fingerprint density at radius 2 is 1.68 bits per heavy atom. The molecule has 3 N–H and O–H groups in total. The summed E-state index contributed by atoms with van der Waals surface area (Å²) in [5.41, 5.74) is 4.73. The van der Waals surface area contributed by atoms with Crippen LogP contribution in [0.2, 0.25) is 0 Å². The van der Waals surface area contributed by atoms with Crippen molar-refractivity contribution in [2.75, 3.05) is 19.7 Å². The SMILES string of the molecule is CC1=CCCC2(C)C(CCC2(O)CN(Cc2cccc3ccccc23)CC(O)COCc2ccccc2)c2ccc(cc2C(=O)C2CCCCC2)CC(O)CC1. The van der Waals surface area contributed by atoms with Crippen molar-refractivity contribution in [1.29, 1.82) is 0 Å². The summed E-state index contributed by atoms with van der Waals surface area (Å²) in [4.78, 5) is 16.8. The Kier molecular flexibility index (Phi) is 13.2. The third kappa shape index (κ3) is 9.38. The maximum Gasteiger partial charge on any atom is 0.166 e. The lowest BCUT2D eigenvalue weighted by Gasteiger charge is -2.46. The van der Waals surface area contributed by atoms with Gasteiger partial charge in [0.15, 0.2) is 5.78 Å². The van der Waals surface area contributed by atoms with E-state index in [4.69, 9.17) is 4.74 Å². The summed E-state index contributed by atoms with van der Waals surface area (Å²) in [5.74, 6) is 0.248. The van der Waals surface area contributed by atoms with Crippen LogP contribution in [0.1, 0.15) is 123 Å². The summed E-state index contributed by atoms with van der Waals surface area (Å²) in [5, 5.41) is 38.2. The average molecular weight is 758 g/mol. The predicted molar refractivity (Wildman–Crippen MR) is 226 cm³/mol. The van der Waals surface area contributed by atoms with E-state index in [2.05, 4.69) is 85.5 Å².